The average molecular weight is 181 g/mol. The number of aliphatic imine (C=N–C) groups is 1. The van der Waals surface area contributed by atoms with Crippen molar-refractivity contribution in [3.05, 3.63) is 23.4 Å². The summed E-state index contributed by atoms with van der Waals surface area (Å²) in [5.41, 5.74) is 7.57. The Labute approximate surface area is 80.4 Å². The van der Waals surface area contributed by atoms with E-state index in [0.29, 0.717) is 6.67 Å². The van der Waals surface area contributed by atoms with Crippen LogP contribution >= 0.6 is 0 Å². The molecule has 0 aliphatic heterocycles. The molecule has 0 unspecified atom stereocenters. The van der Waals surface area contributed by atoms with Crippen molar-refractivity contribution >= 4 is 6.21 Å². The highest BCUT2D eigenvalue weighted by atomic mass is 15.0. The number of nitrogens with two attached hydrogens (primary N) is 1. The molecule has 3 nitrogen and oxygen atoms in total. The molecule has 0 heterocycles. The SMILES string of the molecule is C/C=C(\C)CNCN=CC(C)=CN. The summed E-state index contributed by atoms with van der Waals surface area (Å²) in [6.45, 7) is 7.56. The molecule has 0 saturated heterocycles. The van der Waals surface area contributed by atoms with E-state index in [2.05, 4.69) is 23.3 Å². The van der Waals surface area contributed by atoms with E-state index >= 15 is 0 Å². The number of hydrogen-bond donors (Lipinski definition) is 2. The Hall–Kier alpha value is -1.09. The Kier molecular flexibility index (Phi) is 6.92. The van der Waals surface area contributed by atoms with Gasteiger partial charge in [0.15, 0.2) is 0 Å². The van der Waals surface area contributed by atoms with E-state index in [0.717, 1.165) is 12.1 Å². The zero-order chi connectivity index (χ0) is 10.1. The summed E-state index contributed by atoms with van der Waals surface area (Å²) in [6.07, 6.45) is 5.39. The Morgan fingerprint density at radius 3 is 2.69 bits per heavy atom. The second-order valence-corrected chi connectivity index (χ2v) is 2.94. The lowest BCUT2D eigenvalue weighted by Crippen LogP contribution is -2.16. The second kappa shape index (κ2) is 7.55. The summed E-state index contributed by atoms with van der Waals surface area (Å²) in [4.78, 5) is 4.14. The topological polar surface area (TPSA) is 50.4 Å². The van der Waals surface area contributed by atoms with E-state index in [1.807, 2.05) is 13.8 Å². The van der Waals surface area contributed by atoms with Crippen LogP contribution in [-0.4, -0.2) is 19.4 Å². The Bertz CT molecular complexity index is 214. The first-order valence-corrected chi connectivity index (χ1v) is 4.41. The molecule has 0 saturated carbocycles. The number of nitrogens with one attached hydrogen (secondary N) is 1. The molecule has 0 aromatic rings. The normalized spacial score (nSPS) is 14.1. The molecule has 3 heteroatoms. The van der Waals surface area contributed by atoms with Crippen LogP contribution in [0.15, 0.2) is 28.4 Å². The fraction of sp³-hybridized carbons (Fsp3) is 0.500. The Balaban J connectivity index is 3.52. The minimum atomic E-state index is 0.635. The molecule has 0 radical (unpaired) electrons. The molecule has 0 spiro atoms. The van der Waals surface area contributed by atoms with E-state index in [4.69, 9.17) is 5.73 Å². The molecule has 0 aliphatic carbocycles. The minimum absolute atomic E-state index is 0.635. The average Bonchev–Trinajstić information content (AvgIpc) is 2.16. The van der Waals surface area contributed by atoms with Crippen LogP contribution in [0.3, 0.4) is 0 Å². The molecule has 3 N–H and O–H groups in total. The van der Waals surface area contributed by atoms with Crippen molar-refractivity contribution in [2.45, 2.75) is 20.8 Å². The van der Waals surface area contributed by atoms with Gasteiger partial charge in [-0.05, 0) is 32.5 Å². The van der Waals surface area contributed by atoms with Crippen molar-refractivity contribution in [2.75, 3.05) is 13.2 Å². The molecule has 0 fully saturated rings. The van der Waals surface area contributed by atoms with Crippen molar-refractivity contribution < 1.29 is 0 Å². The molecular weight excluding hydrogens is 162 g/mol. The van der Waals surface area contributed by atoms with E-state index in [9.17, 15) is 0 Å². The van der Waals surface area contributed by atoms with E-state index in [1.54, 1.807) is 12.4 Å². The summed E-state index contributed by atoms with van der Waals surface area (Å²) >= 11 is 0. The minimum Gasteiger partial charge on any atom is -0.404 e. The summed E-state index contributed by atoms with van der Waals surface area (Å²) in [6, 6.07) is 0. The van der Waals surface area contributed by atoms with Gasteiger partial charge in [0.05, 0.1) is 6.67 Å². The zero-order valence-corrected chi connectivity index (χ0v) is 8.67. The molecule has 0 bridgehead atoms. The fourth-order valence-electron chi connectivity index (χ4n) is 0.652. The van der Waals surface area contributed by atoms with Crippen molar-refractivity contribution in [3.8, 4) is 0 Å². The smallest absolute Gasteiger partial charge is 0.0887 e. The predicted molar refractivity (Wildman–Crippen MR) is 58.7 cm³/mol. The van der Waals surface area contributed by atoms with Gasteiger partial charge in [0, 0.05) is 12.8 Å². The van der Waals surface area contributed by atoms with Crippen LogP contribution in [0.4, 0.5) is 0 Å². The summed E-state index contributed by atoms with van der Waals surface area (Å²) in [5.74, 6) is 0. The first kappa shape index (κ1) is 11.9. The van der Waals surface area contributed by atoms with Gasteiger partial charge in [-0.1, -0.05) is 11.6 Å². The highest BCUT2D eigenvalue weighted by Gasteiger charge is 1.85. The summed E-state index contributed by atoms with van der Waals surface area (Å²) < 4.78 is 0. The van der Waals surface area contributed by atoms with Crippen molar-refractivity contribution in [3.63, 3.8) is 0 Å². The van der Waals surface area contributed by atoms with Crippen molar-refractivity contribution in [2.24, 2.45) is 10.7 Å². The molecule has 0 rings (SSSR count). The fourth-order valence-corrected chi connectivity index (χ4v) is 0.652. The lowest BCUT2D eigenvalue weighted by atomic mass is 10.3. The molecule has 0 aliphatic rings. The van der Waals surface area contributed by atoms with E-state index in [1.165, 1.54) is 5.57 Å². The predicted octanol–water partition coefficient (Wildman–Crippen LogP) is 1.43. The monoisotopic (exact) mass is 181 g/mol. The molecule has 74 valence electrons. The van der Waals surface area contributed by atoms with Gasteiger partial charge < -0.3 is 5.73 Å². The highest BCUT2D eigenvalue weighted by Crippen LogP contribution is 1.87. The number of hydrogen-bond acceptors (Lipinski definition) is 3. The van der Waals surface area contributed by atoms with Crippen LogP contribution in [0.1, 0.15) is 20.8 Å². The maximum Gasteiger partial charge on any atom is 0.0887 e. The second-order valence-electron chi connectivity index (χ2n) is 2.94. The molecule has 13 heavy (non-hydrogen) atoms. The lowest BCUT2D eigenvalue weighted by molar-refractivity contribution is 0.757. The zero-order valence-electron chi connectivity index (χ0n) is 8.67. The van der Waals surface area contributed by atoms with Gasteiger partial charge in [0.2, 0.25) is 0 Å². The number of rotatable bonds is 5. The summed E-state index contributed by atoms with van der Waals surface area (Å²) in [7, 11) is 0. The third kappa shape index (κ3) is 7.28. The van der Waals surface area contributed by atoms with Crippen LogP contribution < -0.4 is 11.1 Å². The molecular formula is C10H19N3. The van der Waals surface area contributed by atoms with Gasteiger partial charge >= 0.3 is 0 Å². The quantitative estimate of drug-likeness (QED) is 0.383. The third-order valence-electron chi connectivity index (χ3n) is 1.66. The van der Waals surface area contributed by atoms with Crippen molar-refractivity contribution in [1.82, 2.24) is 5.32 Å². The van der Waals surface area contributed by atoms with Crippen molar-refractivity contribution in [1.29, 1.82) is 0 Å². The van der Waals surface area contributed by atoms with Gasteiger partial charge in [-0.15, -0.1) is 0 Å². The Morgan fingerprint density at radius 1 is 1.46 bits per heavy atom. The standard InChI is InChI=1S/C10H19N3/c1-4-9(2)6-12-8-13-7-10(3)5-11/h4-5,7,12H,6,8,11H2,1-3H3/b9-4+,10-5?,13-7?. The van der Waals surface area contributed by atoms with Gasteiger partial charge in [-0.25, -0.2) is 0 Å². The first-order valence-electron chi connectivity index (χ1n) is 4.41. The molecule has 0 aromatic carbocycles. The molecule has 0 aromatic heterocycles. The molecule has 0 atom stereocenters. The first-order chi connectivity index (χ1) is 6.20. The van der Waals surface area contributed by atoms with Gasteiger partial charge in [-0.3, -0.25) is 10.3 Å². The third-order valence-corrected chi connectivity index (χ3v) is 1.66. The van der Waals surface area contributed by atoms with Crippen LogP contribution in [0.25, 0.3) is 0 Å². The van der Waals surface area contributed by atoms with Crippen LogP contribution in [-0.2, 0) is 0 Å². The van der Waals surface area contributed by atoms with Crippen LogP contribution in [0, 0.1) is 0 Å². The van der Waals surface area contributed by atoms with Crippen LogP contribution in [0.5, 0.6) is 0 Å². The van der Waals surface area contributed by atoms with E-state index < -0.39 is 0 Å². The lowest BCUT2D eigenvalue weighted by Gasteiger charge is -2.00. The van der Waals surface area contributed by atoms with E-state index in [-0.39, 0.29) is 0 Å². The summed E-state index contributed by atoms with van der Waals surface area (Å²) in [5, 5.41) is 3.18. The van der Waals surface area contributed by atoms with Gasteiger partial charge in [-0.2, -0.15) is 0 Å². The maximum absolute atomic E-state index is 5.27. The van der Waals surface area contributed by atoms with Gasteiger partial charge in [0.25, 0.3) is 0 Å². The Morgan fingerprint density at radius 2 is 2.15 bits per heavy atom. The number of nitrogens with zero attached hydrogens (tertiary/aromatic N) is 1. The number of allylic oxidation sites excluding steroid dienone is 2. The van der Waals surface area contributed by atoms with Gasteiger partial charge in [0.1, 0.15) is 0 Å². The maximum atomic E-state index is 5.27. The molecule has 0 amide bonds. The highest BCUT2D eigenvalue weighted by molar-refractivity contribution is 5.77. The van der Waals surface area contributed by atoms with Crippen LogP contribution in [0.2, 0.25) is 0 Å². The largest absolute Gasteiger partial charge is 0.404 e.